The van der Waals surface area contributed by atoms with Crippen molar-refractivity contribution in [3.8, 4) is 0 Å². The fourth-order valence-electron chi connectivity index (χ4n) is 1.96. The van der Waals surface area contributed by atoms with Crippen LogP contribution in [-0.2, 0) is 28.8 Å². The minimum atomic E-state index is -1.41. The summed E-state index contributed by atoms with van der Waals surface area (Å²) in [6, 6.07) is -5.26. The fourth-order valence-corrected chi connectivity index (χ4v) is 2.21. The largest absolute Gasteiger partial charge is 0.481 e. The number of rotatable bonds is 13. The van der Waals surface area contributed by atoms with Gasteiger partial charge in [0.25, 0.3) is 0 Å². The molecule has 0 heterocycles. The zero-order chi connectivity index (χ0) is 22.7. The average Bonchev–Trinajstić information content (AvgIpc) is 2.61. The molecule has 0 rings (SSSR count). The van der Waals surface area contributed by atoms with Gasteiger partial charge in [-0.25, -0.2) is 0 Å². The van der Waals surface area contributed by atoms with Crippen LogP contribution in [0.25, 0.3) is 0 Å². The molecule has 4 amide bonds. The first-order chi connectivity index (χ1) is 13.4. The number of aliphatic carboxylic acids is 2. The Kier molecular flexibility index (Phi) is 11.3. The molecule has 4 unspecified atom stereocenters. The van der Waals surface area contributed by atoms with Gasteiger partial charge < -0.3 is 37.6 Å². The highest BCUT2D eigenvalue weighted by Crippen LogP contribution is 2.01. The Morgan fingerprint density at radius 2 is 1.45 bits per heavy atom. The molecule has 4 atom stereocenters. The summed E-state index contributed by atoms with van der Waals surface area (Å²) in [7, 11) is 0. The third-order valence-corrected chi connectivity index (χ3v) is 3.95. The van der Waals surface area contributed by atoms with E-state index in [1.165, 1.54) is 6.92 Å². The summed E-state index contributed by atoms with van der Waals surface area (Å²) in [5.41, 5.74) is 10.5. The summed E-state index contributed by atoms with van der Waals surface area (Å²) in [6.07, 6.45) is -1.16. The molecule has 0 saturated carbocycles. The van der Waals surface area contributed by atoms with Gasteiger partial charge in [0.1, 0.15) is 18.1 Å². The molecule has 0 radical (unpaired) electrons. The molecular formula is C15H25N5O8S. The number of carboxylic acids is 2. The van der Waals surface area contributed by atoms with Gasteiger partial charge in [-0.15, -0.1) is 0 Å². The molecule has 0 aromatic rings. The van der Waals surface area contributed by atoms with Crippen molar-refractivity contribution in [2.24, 2.45) is 11.5 Å². The maximum Gasteiger partial charge on any atom is 0.325 e. The number of primary amides is 1. The lowest BCUT2D eigenvalue weighted by Crippen LogP contribution is -2.57. The van der Waals surface area contributed by atoms with Crippen molar-refractivity contribution in [3.05, 3.63) is 0 Å². The number of hydrogen-bond donors (Lipinski definition) is 8. The number of carbonyl (C=O) groups excluding carboxylic acids is 4. The second kappa shape index (κ2) is 12.6. The van der Waals surface area contributed by atoms with Crippen LogP contribution in [0.1, 0.15) is 26.2 Å². The van der Waals surface area contributed by atoms with Crippen LogP contribution in [0.15, 0.2) is 0 Å². The Morgan fingerprint density at radius 3 is 1.90 bits per heavy atom. The molecule has 0 bridgehead atoms. The van der Waals surface area contributed by atoms with Crippen LogP contribution in [0.3, 0.4) is 0 Å². The average molecular weight is 435 g/mol. The maximum atomic E-state index is 12.4. The first kappa shape index (κ1) is 26.1. The topological polar surface area (TPSA) is 231 Å². The molecule has 13 nitrogen and oxygen atoms in total. The normalized spacial score (nSPS) is 14.6. The van der Waals surface area contributed by atoms with E-state index in [1.54, 1.807) is 0 Å². The molecule has 14 heteroatoms. The number of carboxylic acid groups (broad SMARTS) is 2. The molecular weight excluding hydrogens is 410 g/mol. The van der Waals surface area contributed by atoms with Gasteiger partial charge in [0.15, 0.2) is 0 Å². The molecule has 164 valence electrons. The van der Waals surface area contributed by atoms with E-state index < -0.39 is 66.2 Å². The minimum Gasteiger partial charge on any atom is -0.481 e. The van der Waals surface area contributed by atoms with Gasteiger partial charge in [-0.1, -0.05) is 0 Å². The molecule has 0 spiro atoms. The molecule has 0 aliphatic rings. The number of hydrogen-bond acceptors (Lipinski definition) is 8. The van der Waals surface area contributed by atoms with E-state index in [0.29, 0.717) is 0 Å². The van der Waals surface area contributed by atoms with Crippen molar-refractivity contribution < 1.29 is 39.0 Å². The first-order valence-corrected chi connectivity index (χ1v) is 9.02. The Labute approximate surface area is 171 Å². The molecule has 0 aliphatic heterocycles. The Balaban J connectivity index is 5.15. The van der Waals surface area contributed by atoms with E-state index >= 15 is 0 Å². The van der Waals surface area contributed by atoms with Crippen molar-refractivity contribution in [3.63, 3.8) is 0 Å². The second-order valence-electron chi connectivity index (χ2n) is 6.08. The zero-order valence-corrected chi connectivity index (χ0v) is 16.5. The van der Waals surface area contributed by atoms with Gasteiger partial charge in [-0.2, -0.15) is 12.6 Å². The van der Waals surface area contributed by atoms with Gasteiger partial charge >= 0.3 is 11.9 Å². The molecule has 0 saturated heterocycles. The van der Waals surface area contributed by atoms with Crippen molar-refractivity contribution in [1.29, 1.82) is 0 Å². The van der Waals surface area contributed by atoms with Gasteiger partial charge in [0.05, 0.1) is 12.5 Å². The maximum absolute atomic E-state index is 12.4. The molecule has 0 aliphatic carbocycles. The number of nitrogens with two attached hydrogens (primary N) is 2. The van der Waals surface area contributed by atoms with Crippen LogP contribution in [0.2, 0.25) is 0 Å². The van der Waals surface area contributed by atoms with Crippen LogP contribution in [-0.4, -0.2) is 75.7 Å². The summed E-state index contributed by atoms with van der Waals surface area (Å²) in [6.45, 7) is 1.20. The van der Waals surface area contributed by atoms with E-state index in [-0.39, 0.29) is 18.6 Å². The third kappa shape index (κ3) is 10.3. The summed E-state index contributed by atoms with van der Waals surface area (Å²) in [5, 5.41) is 24.2. The van der Waals surface area contributed by atoms with E-state index in [4.69, 9.17) is 21.7 Å². The van der Waals surface area contributed by atoms with Crippen molar-refractivity contribution in [1.82, 2.24) is 16.0 Å². The van der Waals surface area contributed by atoms with Crippen LogP contribution >= 0.6 is 12.6 Å². The van der Waals surface area contributed by atoms with Crippen molar-refractivity contribution in [2.75, 3.05) is 5.75 Å². The van der Waals surface area contributed by atoms with Gasteiger partial charge in [-0.05, 0) is 13.3 Å². The minimum absolute atomic E-state index is 0.215. The molecule has 9 N–H and O–H groups in total. The van der Waals surface area contributed by atoms with E-state index in [1.807, 2.05) is 0 Å². The first-order valence-electron chi connectivity index (χ1n) is 8.39. The highest BCUT2D eigenvalue weighted by atomic mass is 32.1. The van der Waals surface area contributed by atoms with Gasteiger partial charge in [0.2, 0.25) is 23.6 Å². The number of carbonyl (C=O) groups is 6. The lowest BCUT2D eigenvalue weighted by molar-refractivity contribution is -0.142. The second-order valence-corrected chi connectivity index (χ2v) is 6.45. The van der Waals surface area contributed by atoms with Crippen LogP contribution < -0.4 is 27.4 Å². The van der Waals surface area contributed by atoms with Crippen LogP contribution in [0.4, 0.5) is 0 Å². The van der Waals surface area contributed by atoms with Gasteiger partial charge in [0, 0.05) is 12.2 Å². The van der Waals surface area contributed by atoms with E-state index in [9.17, 15) is 28.8 Å². The Morgan fingerprint density at radius 1 is 0.931 bits per heavy atom. The highest BCUT2D eigenvalue weighted by Gasteiger charge is 2.29. The predicted octanol–water partition coefficient (Wildman–Crippen LogP) is -3.46. The van der Waals surface area contributed by atoms with Crippen LogP contribution in [0.5, 0.6) is 0 Å². The van der Waals surface area contributed by atoms with E-state index in [2.05, 4.69) is 28.6 Å². The summed E-state index contributed by atoms with van der Waals surface area (Å²) < 4.78 is 0. The monoisotopic (exact) mass is 435 g/mol. The van der Waals surface area contributed by atoms with Crippen molar-refractivity contribution >= 4 is 48.2 Å². The molecule has 0 fully saturated rings. The third-order valence-electron chi connectivity index (χ3n) is 3.59. The summed E-state index contributed by atoms with van der Waals surface area (Å²) in [5.74, 6) is -6.25. The predicted molar refractivity (Wildman–Crippen MR) is 102 cm³/mol. The quantitative estimate of drug-likeness (QED) is 0.134. The van der Waals surface area contributed by atoms with Crippen LogP contribution in [0, 0.1) is 0 Å². The van der Waals surface area contributed by atoms with Gasteiger partial charge in [-0.3, -0.25) is 28.8 Å². The highest BCUT2D eigenvalue weighted by molar-refractivity contribution is 7.80. The smallest absolute Gasteiger partial charge is 0.325 e. The number of nitrogens with one attached hydrogen (secondary N) is 3. The summed E-state index contributed by atoms with van der Waals surface area (Å²) in [4.78, 5) is 69.0. The zero-order valence-electron chi connectivity index (χ0n) is 15.6. The Hall–Kier alpha value is -2.87. The molecule has 0 aromatic heterocycles. The van der Waals surface area contributed by atoms with Crippen molar-refractivity contribution in [2.45, 2.75) is 50.4 Å². The molecule has 29 heavy (non-hydrogen) atoms. The Bertz CT molecular complexity index is 659. The van der Waals surface area contributed by atoms with E-state index in [0.717, 1.165) is 0 Å². The lowest BCUT2D eigenvalue weighted by Gasteiger charge is -2.23. The summed E-state index contributed by atoms with van der Waals surface area (Å²) >= 11 is 3.92. The number of thiol groups is 1. The number of amides is 4. The SMILES string of the molecule is CC(NC(=O)C(CCC(N)=O)NC(=O)C(CS)NC(=O)C(N)CC(=O)O)C(=O)O. The molecule has 0 aromatic carbocycles. The standard InChI is InChI=1S/C15H25N5O8S/c1-6(15(27)28)18-13(25)8(2-3-10(17)21)19-14(26)9(5-29)20-12(24)7(16)4-11(22)23/h6-9,29H,2-5,16H2,1H3,(H2,17,21)(H,18,25)(H,19,26)(H,20,24)(H,22,23)(H,27,28). The lowest BCUT2D eigenvalue weighted by atomic mass is 10.1. The fraction of sp³-hybridized carbons (Fsp3) is 0.600.